The van der Waals surface area contributed by atoms with E-state index in [1.165, 1.54) is 4.31 Å². The number of aromatic nitrogens is 4. The number of sulfonamides is 1. The highest BCUT2D eigenvalue weighted by Crippen LogP contribution is 2.27. The SMILES string of the molecule is Cc1noc(C)c1S(=O)(=O)N1CCC(C(=O)NCc2nnc3n2CCC3)CC1. The first-order valence-electron chi connectivity index (χ1n) is 9.49. The van der Waals surface area contributed by atoms with Crippen molar-refractivity contribution >= 4 is 15.9 Å². The van der Waals surface area contributed by atoms with E-state index in [-0.39, 0.29) is 16.7 Å². The molecule has 152 valence electrons. The average Bonchev–Trinajstić information content (AvgIpc) is 3.36. The second kappa shape index (κ2) is 7.28. The predicted molar refractivity (Wildman–Crippen MR) is 97.6 cm³/mol. The van der Waals surface area contributed by atoms with Crippen molar-refractivity contribution in [3.8, 4) is 0 Å². The van der Waals surface area contributed by atoms with Crippen molar-refractivity contribution in [1.29, 1.82) is 0 Å². The number of nitrogens with one attached hydrogen (secondary N) is 1. The number of hydrogen-bond acceptors (Lipinski definition) is 7. The molecule has 2 aliphatic heterocycles. The van der Waals surface area contributed by atoms with Crippen LogP contribution in [0.25, 0.3) is 0 Å². The molecule has 10 nitrogen and oxygen atoms in total. The third-order valence-corrected chi connectivity index (χ3v) is 7.64. The van der Waals surface area contributed by atoms with Crippen LogP contribution in [0.5, 0.6) is 0 Å². The van der Waals surface area contributed by atoms with E-state index in [2.05, 4.69) is 25.2 Å². The van der Waals surface area contributed by atoms with Crippen LogP contribution in [0.2, 0.25) is 0 Å². The minimum Gasteiger partial charge on any atom is -0.360 e. The molecule has 2 aliphatic rings. The Morgan fingerprint density at radius 3 is 2.64 bits per heavy atom. The lowest BCUT2D eigenvalue weighted by Crippen LogP contribution is -2.43. The zero-order valence-corrected chi connectivity index (χ0v) is 16.8. The van der Waals surface area contributed by atoms with Crippen LogP contribution in [0.1, 0.15) is 42.4 Å². The van der Waals surface area contributed by atoms with Gasteiger partial charge in [0.2, 0.25) is 15.9 Å². The summed E-state index contributed by atoms with van der Waals surface area (Å²) in [7, 11) is -3.66. The molecule has 0 aromatic carbocycles. The molecule has 4 rings (SSSR count). The summed E-state index contributed by atoms with van der Waals surface area (Å²) in [6, 6.07) is 0. The number of carbonyl (C=O) groups is 1. The van der Waals surface area contributed by atoms with Gasteiger partial charge in [0.05, 0.1) is 6.54 Å². The van der Waals surface area contributed by atoms with Gasteiger partial charge < -0.3 is 14.4 Å². The van der Waals surface area contributed by atoms with Gasteiger partial charge in [0, 0.05) is 32.0 Å². The van der Waals surface area contributed by atoms with Gasteiger partial charge in [0.1, 0.15) is 16.4 Å². The van der Waals surface area contributed by atoms with Crippen molar-refractivity contribution in [3.63, 3.8) is 0 Å². The molecule has 1 saturated heterocycles. The number of piperidine rings is 1. The summed E-state index contributed by atoms with van der Waals surface area (Å²) in [6.07, 6.45) is 2.95. The van der Waals surface area contributed by atoms with Crippen molar-refractivity contribution in [3.05, 3.63) is 23.1 Å². The van der Waals surface area contributed by atoms with Gasteiger partial charge in [-0.2, -0.15) is 4.31 Å². The van der Waals surface area contributed by atoms with E-state index < -0.39 is 10.0 Å². The number of fused-ring (bicyclic) bond motifs is 1. The van der Waals surface area contributed by atoms with Gasteiger partial charge in [-0.1, -0.05) is 5.16 Å². The molecule has 4 heterocycles. The number of carbonyl (C=O) groups excluding carboxylic acids is 1. The van der Waals surface area contributed by atoms with E-state index in [0.29, 0.717) is 43.9 Å². The molecular weight excluding hydrogens is 384 g/mol. The van der Waals surface area contributed by atoms with Crippen LogP contribution in [0.3, 0.4) is 0 Å². The summed E-state index contributed by atoms with van der Waals surface area (Å²) in [4.78, 5) is 12.7. The quantitative estimate of drug-likeness (QED) is 0.766. The first-order valence-corrected chi connectivity index (χ1v) is 10.9. The smallest absolute Gasteiger partial charge is 0.248 e. The van der Waals surface area contributed by atoms with Crippen molar-refractivity contribution in [2.24, 2.45) is 5.92 Å². The van der Waals surface area contributed by atoms with Gasteiger partial charge in [-0.15, -0.1) is 10.2 Å². The standard InChI is InChI=1S/C17H24N6O4S/c1-11-16(12(2)27-21-11)28(25,26)22-8-5-13(6-9-22)17(24)18-10-15-20-19-14-4-3-7-23(14)15/h13H,3-10H2,1-2H3,(H,18,24). The molecule has 0 spiro atoms. The normalized spacial score (nSPS) is 18.4. The van der Waals surface area contributed by atoms with Gasteiger partial charge >= 0.3 is 0 Å². The van der Waals surface area contributed by atoms with Crippen molar-refractivity contribution in [2.75, 3.05) is 13.1 Å². The lowest BCUT2D eigenvalue weighted by Gasteiger charge is -2.30. The van der Waals surface area contributed by atoms with Crippen LogP contribution in [0.15, 0.2) is 9.42 Å². The molecule has 0 aliphatic carbocycles. The van der Waals surface area contributed by atoms with Crippen molar-refractivity contribution < 1.29 is 17.7 Å². The lowest BCUT2D eigenvalue weighted by atomic mass is 9.97. The maximum absolute atomic E-state index is 12.9. The molecule has 0 radical (unpaired) electrons. The lowest BCUT2D eigenvalue weighted by molar-refractivity contribution is -0.126. The Labute approximate surface area is 163 Å². The van der Waals surface area contributed by atoms with E-state index >= 15 is 0 Å². The molecule has 1 fully saturated rings. The molecule has 11 heteroatoms. The minimum atomic E-state index is -3.66. The molecule has 0 unspecified atom stereocenters. The first-order chi connectivity index (χ1) is 13.4. The van der Waals surface area contributed by atoms with E-state index in [1.54, 1.807) is 13.8 Å². The zero-order valence-electron chi connectivity index (χ0n) is 16.0. The molecule has 0 saturated carbocycles. The Bertz CT molecular complexity index is 968. The van der Waals surface area contributed by atoms with Crippen LogP contribution in [-0.4, -0.2) is 51.6 Å². The number of rotatable bonds is 5. The molecule has 2 aromatic heterocycles. The second-order valence-electron chi connectivity index (χ2n) is 7.34. The Morgan fingerprint density at radius 2 is 1.96 bits per heavy atom. The van der Waals surface area contributed by atoms with E-state index in [9.17, 15) is 13.2 Å². The summed E-state index contributed by atoms with van der Waals surface area (Å²) < 4.78 is 34.2. The Kier molecular flexibility index (Phi) is 4.96. The first kappa shape index (κ1) is 19.1. The van der Waals surface area contributed by atoms with Crippen LogP contribution in [0.4, 0.5) is 0 Å². The van der Waals surface area contributed by atoms with E-state index in [4.69, 9.17) is 4.52 Å². The minimum absolute atomic E-state index is 0.0651. The number of amides is 1. The van der Waals surface area contributed by atoms with Crippen LogP contribution in [-0.2, 0) is 34.3 Å². The Balaban J connectivity index is 1.34. The highest BCUT2D eigenvalue weighted by Gasteiger charge is 2.35. The third-order valence-electron chi connectivity index (χ3n) is 5.50. The Hall–Kier alpha value is -2.27. The molecule has 0 atom stereocenters. The molecule has 1 N–H and O–H groups in total. The topological polar surface area (TPSA) is 123 Å². The maximum atomic E-state index is 12.9. The van der Waals surface area contributed by atoms with Crippen LogP contribution < -0.4 is 5.32 Å². The molecular formula is C17H24N6O4S. The Morgan fingerprint density at radius 1 is 1.21 bits per heavy atom. The van der Waals surface area contributed by atoms with Crippen LogP contribution in [0, 0.1) is 19.8 Å². The highest BCUT2D eigenvalue weighted by atomic mass is 32.2. The molecule has 2 aromatic rings. The third kappa shape index (κ3) is 3.32. The molecule has 0 bridgehead atoms. The number of aryl methyl sites for hydroxylation is 3. The van der Waals surface area contributed by atoms with E-state index in [1.807, 2.05) is 0 Å². The summed E-state index contributed by atoms with van der Waals surface area (Å²) >= 11 is 0. The average molecular weight is 408 g/mol. The molecule has 28 heavy (non-hydrogen) atoms. The second-order valence-corrected chi connectivity index (χ2v) is 9.21. The van der Waals surface area contributed by atoms with Gasteiger partial charge in [0.15, 0.2) is 11.6 Å². The van der Waals surface area contributed by atoms with Gasteiger partial charge in [-0.05, 0) is 33.1 Å². The monoisotopic (exact) mass is 408 g/mol. The summed E-state index contributed by atoms with van der Waals surface area (Å²) in [5, 5.41) is 14.9. The maximum Gasteiger partial charge on any atom is 0.248 e. The zero-order chi connectivity index (χ0) is 19.9. The van der Waals surface area contributed by atoms with Gasteiger partial charge in [-0.25, -0.2) is 8.42 Å². The molecule has 1 amide bonds. The predicted octanol–water partition coefficient (Wildman–Crippen LogP) is 0.546. The fourth-order valence-corrected chi connectivity index (χ4v) is 5.74. The highest BCUT2D eigenvalue weighted by molar-refractivity contribution is 7.89. The number of hydrogen-bond donors (Lipinski definition) is 1. The number of nitrogens with zero attached hydrogens (tertiary/aromatic N) is 5. The summed E-state index contributed by atoms with van der Waals surface area (Å²) in [5.74, 6) is 1.77. The van der Waals surface area contributed by atoms with Crippen LogP contribution >= 0.6 is 0 Å². The van der Waals surface area contributed by atoms with Crippen molar-refractivity contribution in [1.82, 2.24) is 29.5 Å². The fourth-order valence-electron chi connectivity index (χ4n) is 3.98. The van der Waals surface area contributed by atoms with Gasteiger partial charge in [0.25, 0.3) is 0 Å². The summed E-state index contributed by atoms with van der Waals surface area (Å²) in [5.41, 5.74) is 0.359. The summed E-state index contributed by atoms with van der Waals surface area (Å²) in [6.45, 7) is 5.05. The fraction of sp³-hybridized carbons (Fsp3) is 0.647. The van der Waals surface area contributed by atoms with Crippen molar-refractivity contribution in [2.45, 2.75) is 57.5 Å². The van der Waals surface area contributed by atoms with Gasteiger partial charge in [-0.3, -0.25) is 4.79 Å². The van der Waals surface area contributed by atoms with E-state index in [0.717, 1.165) is 31.0 Å². The largest absolute Gasteiger partial charge is 0.360 e.